The molecule has 4 nitrogen and oxygen atoms in total. The summed E-state index contributed by atoms with van der Waals surface area (Å²) in [6.45, 7) is 4.93. The molecule has 1 saturated heterocycles. The summed E-state index contributed by atoms with van der Waals surface area (Å²) in [5, 5.41) is 5.36. The Morgan fingerprint density at radius 2 is 2.33 bits per heavy atom. The Hall–Kier alpha value is -0.550. The molecular formula is C13H22BrN3O. The molecule has 102 valence electrons. The second kappa shape index (κ2) is 6.06. The highest BCUT2D eigenvalue weighted by atomic mass is 79.9. The number of anilines is 1. The van der Waals surface area contributed by atoms with E-state index in [9.17, 15) is 0 Å². The predicted molar refractivity (Wildman–Crippen MR) is 77.4 cm³/mol. The lowest BCUT2D eigenvalue weighted by Gasteiger charge is -2.28. The highest BCUT2D eigenvalue weighted by Gasteiger charge is 2.20. The van der Waals surface area contributed by atoms with Gasteiger partial charge in [-0.1, -0.05) is 15.9 Å². The lowest BCUT2D eigenvalue weighted by Crippen LogP contribution is -2.32. The Kier molecular flexibility index (Phi) is 4.67. The number of nitrogens with zero attached hydrogens (tertiary/aromatic N) is 3. The van der Waals surface area contributed by atoms with Crippen LogP contribution in [0.5, 0.6) is 0 Å². The van der Waals surface area contributed by atoms with Gasteiger partial charge >= 0.3 is 0 Å². The SMILES string of the molecule is Cc1nn(C)c(N(C)CC2CCCOC2)c1CBr. The predicted octanol–water partition coefficient (Wildman–Crippen LogP) is 2.49. The number of aryl methyl sites for hydroxylation is 2. The van der Waals surface area contributed by atoms with E-state index in [0.717, 1.165) is 30.8 Å². The maximum absolute atomic E-state index is 5.55. The van der Waals surface area contributed by atoms with Gasteiger partial charge in [-0.25, -0.2) is 0 Å². The van der Waals surface area contributed by atoms with Crippen LogP contribution in [0.1, 0.15) is 24.1 Å². The molecule has 1 aliphatic rings. The summed E-state index contributed by atoms with van der Waals surface area (Å²) < 4.78 is 7.53. The van der Waals surface area contributed by atoms with Crippen molar-refractivity contribution in [2.45, 2.75) is 25.1 Å². The number of alkyl halides is 1. The van der Waals surface area contributed by atoms with Crippen LogP contribution in [0.15, 0.2) is 0 Å². The third-order valence-electron chi connectivity index (χ3n) is 3.60. The van der Waals surface area contributed by atoms with Crippen LogP contribution in [-0.4, -0.2) is 36.6 Å². The van der Waals surface area contributed by atoms with Crippen LogP contribution in [0.25, 0.3) is 0 Å². The van der Waals surface area contributed by atoms with Crippen LogP contribution >= 0.6 is 15.9 Å². The van der Waals surface area contributed by atoms with Crippen molar-refractivity contribution < 1.29 is 4.74 Å². The summed E-state index contributed by atoms with van der Waals surface area (Å²) in [6.07, 6.45) is 2.46. The van der Waals surface area contributed by atoms with Crippen molar-refractivity contribution in [3.05, 3.63) is 11.3 Å². The summed E-state index contributed by atoms with van der Waals surface area (Å²) in [4.78, 5) is 2.32. The van der Waals surface area contributed by atoms with Crippen molar-refractivity contribution in [2.75, 3.05) is 31.7 Å². The molecule has 2 heterocycles. The maximum Gasteiger partial charge on any atom is 0.130 e. The second-order valence-corrected chi connectivity index (χ2v) is 5.67. The fourth-order valence-corrected chi connectivity index (χ4v) is 3.41. The highest BCUT2D eigenvalue weighted by molar-refractivity contribution is 9.08. The van der Waals surface area contributed by atoms with Crippen LogP contribution in [0, 0.1) is 12.8 Å². The van der Waals surface area contributed by atoms with Gasteiger partial charge in [-0.2, -0.15) is 5.10 Å². The molecule has 0 radical (unpaired) electrons. The molecular weight excluding hydrogens is 294 g/mol. The number of aromatic nitrogens is 2. The summed E-state index contributed by atoms with van der Waals surface area (Å²) in [7, 11) is 4.17. The molecule has 1 fully saturated rings. The maximum atomic E-state index is 5.55. The first-order chi connectivity index (χ1) is 8.63. The van der Waals surface area contributed by atoms with Crippen LogP contribution in [0.2, 0.25) is 0 Å². The standard InChI is InChI=1S/C13H22BrN3O/c1-10-12(7-14)13(17(3)15-10)16(2)8-11-5-4-6-18-9-11/h11H,4-9H2,1-3H3. The number of ether oxygens (including phenoxy) is 1. The fraction of sp³-hybridized carbons (Fsp3) is 0.769. The summed E-state index contributed by atoms with van der Waals surface area (Å²) in [5.41, 5.74) is 2.40. The normalized spacial score (nSPS) is 20.1. The minimum absolute atomic E-state index is 0.641. The fourth-order valence-electron chi connectivity index (χ4n) is 2.75. The Morgan fingerprint density at radius 1 is 1.56 bits per heavy atom. The Balaban J connectivity index is 2.10. The second-order valence-electron chi connectivity index (χ2n) is 5.11. The molecule has 0 amide bonds. The van der Waals surface area contributed by atoms with Crippen LogP contribution in [-0.2, 0) is 17.1 Å². The lowest BCUT2D eigenvalue weighted by atomic mass is 10.0. The minimum atomic E-state index is 0.641. The molecule has 0 N–H and O–H groups in total. The first kappa shape index (κ1) is 13.9. The van der Waals surface area contributed by atoms with Gasteiger partial charge < -0.3 is 9.64 Å². The first-order valence-corrected chi connectivity index (χ1v) is 7.63. The molecule has 0 spiro atoms. The van der Waals surface area contributed by atoms with Crippen molar-refractivity contribution in [3.8, 4) is 0 Å². The van der Waals surface area contributed by atoms with Gasteiger partial charge in [0.1, 0.15) is 5.82 Å². The number of halogens is 1. The van der Waals surface area contributed by atoms with E-state index in [2.05, 4.69) is 39.9 Å². The molecule has 0 aliphatic carbocycles. The summed E-state index contributed by atoms with van der Waals surface area (Å²) in [5.74, 6) is 1.86. The van der Waals surface area contributed by atoms with Gasteiger partial charge in [-0.15, -0.1) is 0 Å². The largest absolute Gasteiger partial charge is 0.381 e. The summed E-state index contributed by atoms with van der Waals surface area (Å²) in [6, 6.07) is 0. The monoisotopic (exact) mass is 315 g/mol. The van der Waals surface area contributed by atoms with E-state index in [1.165, 1.54) is 24.2 Å². The van der Waals surface area contributed by atoms with Crippen molar-refractivity contribution in [3.63, 3.8) is 0 Å². The van der Waals surface area contributed by atoms with Gasteiger partial charge in [0.2, 0.25) is 0 Å². The van der Waals surface area contributed by atoms with E-state index in [-0.39, 0.29) is 0 Å². The van der Waals surface area contributed by atoms with Crippen LogP contribution < -0.4 is 4.90 Å². The molecule has 1 atom stereocenters. The average Bonchev–Trinajstić information content (AvgIpc) is 2.64. The average molecular weight is 316 g/mol. The van der Waals surface area contributed by atoms with Gasteiger partial charge in [-0.05, 0) is 25.7 Å². The zero-order valence-electron chi connectivity index (χ0n) is 11.4. The zero-order valence-corrected chi connectivity index (χ0v) is 13.0. The molecule has 1 aromatic heterocycles. The molecule has 0 saturated carbocycles. The van der Waals surface area contributed by atoms with Gasteiger partial charge in [0.15, 0.2) is 0 Å². The van der Waals surface area contributed by atoms with E-state index in [1.807, 2.05) is 11.7 Å². The van der Waals surface area contributed by atoms with Crippen LogP contribution in [0.4, 0.5) is 5.82 Å². The van der Waals surface area contributed by atoms with Crippen molar-refractivity contribution in [2.24, 2.45) is 13.0 Å². The van der Waals surface area contributed by atoms with Crippen molar-refractivity contribution in [1.82, 2.24) is 9.78 Å². The van der Waals surface area contributed by atoms with Gasteiger partial charge in [-0.3, -0.25) is 4.68 Å². The van der Waals surface area contributed by atoms with E-state index in [1.54, 1.807) is 0 Å². The molecule has 0 bridgehead atoms. The number of hydrogen-bond donors (Lipinski definition) is 0. The van der Waals surface area contributed by atoms with Crippen LogP contribution in [0.3, 0.4) is 0 Å². The minimum Gasteiger partial charge on any atom is -0.381 e. The Labute approximate surface area is 117 Å². The van der Waals surface area contributed by atoms with E-state index >= 15 is 0 Å². The third-order valence-corrected chi connectivity index (χ3v) is 4.16. The third kappa shape index (κ3) is 2.88. The topological polar surface area (TPSA) is 30.3 Å². The zero-order chi connectivity index (χ0) is 13.1. The molecule has 18 heavy (non-hydrogen) atoms. The Bertz CT molecular complexity index is 399. The highest BCUT2D eigenvalue weighted by Crippen LogP contribution is 2.26. The Morgan fingerprint density at radius 3 is 2.94 bits per heavy atom. The number of rotatable bonds is 4. The molecule has 1 unspecified atom stereocenters. The quantitative estimate of drug-likeness (QED) is 0.800. The number of hydrogen-bond acceptors (Lipinski definition) is 3. The molecule has 0 aromatic carbocycles. The molecule has 1 aromatic rings. The van der Waals surface area contributed by atoms with Gasteiger partial charge in [0, 0.05) is 38.1 Å². The van der Waals surface area contributed by atoms with Crippen molar-refractivity contribution >= 4 is 21.7 Å². The molecule has 5 heteroatoms. The van der Waals surface area contributed by atoms with E-state index < -0.39 is 0 Å². The molecule has 2 rings (SSSR count). The van der Waals surface area contributed by atoms with E-state index in [4.69, 9.17) is 4.74 Å². The van der Waals surface area contributed by atoms with Gasteiger partial charge in [0.25, 0.3) is 0 Å². The molecule has 1 aliphatic heterocycles. The van der Waals surface area contributed by atoms with Crippen molar-refractivity contribution in [1.29, 1.82) is 0 Å². The summed E-state index contributed by atoms with van der Waals surface area (Å²) >= 11 is 3.56. The van der Waals surface area contributed by atoms with Gasteiger partial charge in [0.05, 0.1) is 12.3 Å². The van der Waals surface area contributed by atoms with E-state index in [0.29, 0.717) is 5.92 Å². The first-order valence-electron chi connectivity index (χ1n) is 6.50. The smallest absolute Gasteiger partial charge is 0.130 e. The lowest BCUT2D eigenvalue weighted by molar-refractivity contribution is 0.0575.